The van der Waals surface area contributed by atoms with E-state index in [0.717, 1.165) is 31.2 Å². The first-order valence-electron chi connectivity index (χ1n) is 13.5. The normalized spacial score (nSPS) is 17.0. The Hall–Kier alpha value is -3.87. The van der Waals surface area contributed by atoms with Crippen molar-refractivity contribution in [3.63, 3.8) is 0 Å². The standard InChI is InChI=1S/C29H32N6O5S/c1-28(9-10-28)25(36)20-7-5-19(6-8-20)22-13-21(41(38,39)33-29(2)11-12-29)14-23-24(22)31-27(32-40-4)35(26(23)37)17-18-15-30-34(3)16-18/h5-8,13-16,33H,9-12,17H2,1-4H3,(H,31,32). The van der Waals surface area contributed by atoms with Crippen LogP contribution in [0.3, 0.4) is 0 Å². The van der Waals surface area contributed by atoms with Crippen LogP contribution in [0.15, 0.2) is 58.5 Å². The summed E-state index contributed by atoms with van der Waals surface area (Å²) in [6.45, 7) is 3.95. The Morgan fingerprint density at radius 3 is 2.39 bits per heavy atom. The molecule has 2 aliphatic carbocycles. The van der Waals surface area contributed by atoms with Gasteiger partial charge in [-0.3, -0.25) is 23.7 Å². The molecule has 2 fully saturated rings. The van der Waals surface area contributed by atoms with E-state index in [2.05, 4.69) is 15.3 Å². The van der Waals surface area contributed by atoms with Gasteiger partial charge in [0.15, 0.2) is 5.78 Å². The predicted molar refractivity (Wildman–Crippen MR) is 154 cm³/mol. The Kier molecular flexibility index (Phi) is 6.40. The summed E-state index contributed by atoms with van der Waals surface area (Å²) in [5.41, 5.74) is 4.18. The number of carbonyl (C=O) groups excluding carboxylic acids is 1. The van der Waals surface area contributed by atoms with E-state index in [4.69, 9.17) is 9.82 Å². The molecule has 0 aliphatic heterocycles. The molecule has 11 nitrogen and oxygen atoms in total. The van der Waals surface area contributed by atoms with Gasteiger partial charge in [0.25, 0.3) is 5.56 Å². The third-order valence-electron chi connectivity index (χ3n) is 8.02. The Morgan fingerprint density at radius 1 is 1.10 bits per heavy atom. The maximum atomic E-state index is 14.0. The lowest BCUT2D eigenvalue weighted by molar-refractivity contribution is 0.0912. The quantitative estimate of drug-likeness (QED) is 0.216. The average Bonchev–Trinajstić information content (AvgIpc) is 3.82. The number of aryl methyl sites for hydroxylation is 1. The Morgan fingerprint density at radius 2 is 1.80 bits per heavy atom. The number of nitrogens with one attached hydrogen (secondary N) is 2. The van der Waals surface area contributed by atoms with Crippen LogP contribution in [-0.4, -0.2) is 46.2 Å². The summed E-state index contributed by atoms with van der Waals surface area (Å²) in [5.74, 6) is 0.248. The topological polar surface area (TPSA) is 137 Å². The summed E-state index contributed by atoms with van der Waals surface area (Å²) < 4.78 is 32.8. The van der Waals surface area contributed by atoms with E-state index >= 15 is 0 Å². The van der Waals surface area contributed by atoms with Crippen LogP contribution in [0.4, 0.5) is 5.95 Å². The number of hydrogen-bond donors (Lipinski definition) is 2. The second-order valence-electron chi connectivity index (χ2n) is 11.7. The van der Waals surface area contributed by atoms with Gasteiger partial charge in [0.05, 0.1) is 35.6 Å². The Balaban J connectivity index is 1.54. The fourth-order valence-corrected chi connectivity index (χ4v) is 6.48. The van der Waals surface area contributed by atoms with Crippen molar-refractivity contribution in [2.45, 2.75) is 56.5 Å². The second kappa shape index (κ2) is 9.61. The number of fused-ring (bicyclic) bond motifs is 1. The maximum absolute atomic E-state index is 14.0. The molecule has 41 heavy (non-hydrogen) atoms. The van der Waals surface area contributed by atoms with Crippen molar-refractivity contribution < 1.29 is 18.0 Å². The van der Waals surface area contributed by atoms with Crippen LogP contribution in [0.2, 0.25) is 0 Å². The molecule has 2 heterocycles. The summed E-state index contributed by atoms with van der Waals surface area (Å²) >= 11 is 0. The molecule has 6 rings (SSSR count). The minimum atomic E-state index is -3.95. The van der Waals surface area contributed by atoms with E-state index in [-0.39, 0.29) is 34.0 Å². The second-order valence-corrected chi connectivity index (χ2v) is 13.3. The molecule has 0 unspecified atom stereocenters. The number of ketones is 1. The fourth-order valence-electron chi connectivity index (χ4n) is 4.96. The summed E-state index contributed by atoms with van der Waals surface area (Å²) in [7, 11) is -0.753. The molecular formula is C29H32N6O5S. The number of benzene rings is 2. The zero-order valence-electron chi connectivity index (χ0n) is 23.4. The van der Waals surface area contributed by atoms with Gasteiger partial charge in [-0.25, -0.2) is 23.6 Å². The van der Waals surface area contributed by atoms with E-state index in [9.17, 15) is 18.0 Å². The minimum absolute atomic E-state index is 0.0296. The molecule has 2 aromatic carbocycles. The number of sulfonamides is 1. The van der Waals surface area contributed by atoms with Gasteiger partial charge in [-0.05, 0) is 50.3 Å². The number of aromatic nitrogens is 4. The molecule has 2 aliphatic rings. The van der Waals surface area contributed by atoms with Crippen LogP contribution in [0, 0.1) is 5.41 Å². The van der Waals surface area contributed by atoms with Crippen LogP contribution < -0.4 is 15.8 Å². The molecule has 12 heteroatoms. The van der Waals surface area contributed by atoms with Crippen LogP contribution in [0.5, 0.6) is 0 Å². The summed E-state index contributed by atoms with van der Waals surface area (Å²) in [5, 5.41) is 4.32. The number of hydrogen-bond acceptors (Lipinski definition) is 8. The highest BCUT2D eigenvalue weighted by atomic mass is 32.2. The highest BCUT2D eigenvalue weighted by Gasteiger charge is 2.45. The molecule has 2 aromatic heterocycles. The zero-order valence-corrected chi connectivity index (χ0v) is 24.2. The van der Waals surface area contributed by atoms with Crippen molar-refractivity contribution in [3.8, 4) is 11.1 Å². The molecule has 0 radical (unpaired) electrons. The molecular weight excluding hydrogens is 544 g/mol. The van der Waals surface area contributed by atoms with Crippen molar-refractivity contribution in [2.75, 3.05) is 12.6 Å². The third-order valence-corrected chi connectivity index (χ3v) is 9.64. The minimum Gasteiger partial charge on any atom is -0.294 e. The van der Waals surface area contributed by atoms with Gasteiger partial charge in [-0.2, -0.15) is 5.10 Å². The molecule has 0 bridgehead atoms. The Labute approximate surface area is 237 Å². The lowest BCUT2D eigenvalue weighted by Gasteiger charge is -2.17. The molecule has 2 N–H and O–H groups in total. The van der Waals surface area contributed by atoms with E-state index in [1.54, 1.807) is 48.4 Å². The van der Waals surface area contributed by atoms with Gasteiger partial charge in [0.1, 0.15) is 0 Å². The zero-order chi connectivity index (χ0) is 29.2. The first-order chi connectivity index (χ1) is 19.4. The molecule has 4 aromatic rings. The lowest BCUT2D eigenvalue weighted by atomic mass is 9.94. The van der Waals surface area contributed by atoms with E-state index in [1.165, 1.54) is 23.8 Å². The predicted octanol–water partition coefficient (Wildman–Crippen LogP) is 3.63. The molecule has 0 atom stereocenters. The van der Waals surface area contributed by atoms with Crippen molar-refractivity contribution in [2.24, 2.45) is 12.5 Å². The van der Waals surface area contributed by atoms with Gasteiger partial charge in [-0.15, -0.1) is 0 Å². The van der Waals surface area contributed by atoms with Gasteiger partial charge in [0, 0.05) is 40.9 Å². The molecule has 0 amide bonds. The van der Waals surface area contributed by atoms with Crippen molar-refractivity contribution in [3.05, 3.63) is 70.3 Å². The van der Waals surface area contributed by atoms with Crippen LogP contribution in [-0.2, 0) is 28.5 Å². The molecule has 0 spiro atoms. The number of carbonyl (C=O) groups is 1. The van der Waals surface area contributed by atoms with Crippen molar-refractivity contribution >= 4 is 32.7 Å². The third kappa shape index (κ3) is 5.18. The summed E-state index contributed by atoms with van der Waals surface area (Å²) in [4.78, 5) is 36.7. The number of Topliss-reactive ketones (excluding diaryl/α,β-unsaturated/α-hetero) is 1. The SMILES string of the molecule is CONc1nc2c(-c3ccc(C(=O)C4(C)CC4)cc3)cc(S(=O)(=O)NC3(C)CC3)cc2c(=O)n1Cc1cnn(C)c1. The van der Waals surface area contributed by atoms with Crippen molar-refractivity contribution in [1.82, 2.24) is 24.1 Å². The van der Waals surface area contributed by atoms with Gasteiger partial charge in [0.2, 0.25) is 16.0 Å². The summed E-state index contributed by atoms with van der Waals surface area (Å²) in [6, 6.07) is 9.94. The van der Waals surface area contributed by atoms with E-state index in [1.807, 2.05) is 13.8 Å². The van der Waals surface area contributed by atoms with Crippen LogP contribution in [0.1, 0.15) is 55.5 Å². The highest BCUT2D eigenvalue weighted by Crippen LogP contribution is 2.47. The number of rotatable bonds is 10. The van der Waals surface area contributed by atoms with Crippen LogP contribution >= 0.6 is 0 Å². The smallest absolute Gasteiger partial charge is 0.263 e. The average molecular weight is 577 g/mol. The number of anilines is 1. The highest BCUT2D eigenvalue weighted by molar-refractivity contribution is 7.89. The lowest BCUT2D eigenvalue weighted by Crippen LogP contribution is -2.34. The Bertz CT molecular complexity index is 1850. The van der Waals surface area contributed by atoms with E-state index in [0.29, 0.717) is 22.2 Å². The number of nitrogens with zero attached hydrogens (tertiary/aromatic N) is 4. The molecule has 0 saturated heterocycles. The van der Waals surface area contributed by atoms with E-state index < -0.39 is 21.1 Å². The molecule has 214 valence electrons. The first-order valence-corrected chi connectivity index (χ1v) is 14.9. The van der Waals surface area contributed by atoms with Gasteiger partial charge in [-0.1, -0.05) is 31.2 Å². The van der Waals surface area contributed by atoms with Crippen molar-refractivity contribution in [1.29, 1.82) is 0 Å². The fraction of sp³-hybridized carbons (Fsp3) is 0.379. The maximum Gasteiger partial charge on any atom is 0.263 e. The largest absolute Gasteiger partial charge is 0.294 e. The van der Waals surface area contributed by atoms with Gasteiger partial charge >= 0.3 is 0 Å². The van der Waals surface area contributed by atoms with Gasteiger partial charge < -0.3 is 0 Å². The monoisotopic (exact) mass is 576 g/mol. The first kappa shape index (κ1) is 27.3. The molecule has 2 saturated carbocycles. The van der Waals surface area contributed by atoms with Crippen LogP contribution in [0.25, 0.3) is 22.0 Å². The summed E-state index contributed by atoms with van der Waals surface area (Å²) in [6.07, 6.45) is 6.65.